The zero-order valence-corrected chi connectivity index (χ0v) is 12.8. The van der Waals surface area contributed by atoms with E-state index in [1.807, 2.05) is 19.1 Å². The summed E-state index contributed by atoms with van der Waals surface area (Å²) < 4.78 is 0. The van der Waals surface area contributed by atoms with Gasteiger partial charge < -0.3 is 10.0 Å². The van der Waals surface area contributed by atoms with Gasteiger partial charge in [-0.1, -0.05) is 42.8 Å². The van der Waals surface area contributed by atoms with E-state index < -0.39 is 6.10 Å². The van der Waals surface area contributed by atoms with Crippen LogP contribution in [0, 0.1) is 6.92 Å². The number of hydrogen-bond donors (Lipinski definition) is 1. The average molecular weight is 281 g/mol. The van der Waals surface area contributed by atoms with Gasteiger partial charge in [0, 0.05) is 23.5 Å². The maximum absolute atomic E-state index is 10.3. The van der Waals surface area contributed by atoms with Gasteiger partial charge in [0.1, 0.15) is 0 Å². The smallest absolute Gasteiger partial charge is 0.0807 e. The fourth-order valence-corrected chi connectivity index (χ4v) is 3.21. The van der Waals surface area contributed by atoms with Crippen LogP contribution in [0.2, 0.25) is 0 Å². The highest BCUT2D eigenvalue weighted by Crippen LogP contribution is 2.37. The van der Waals surface area contributed by atoms with Crippen molar-refractivity contribution >= 4 is 11.4 Å². The number of fused-ring (bicyclic) bond motifs is 1. The summed E-state index contributed by atoms with van der Waals surface area (Å²) in [7, 11) is 0. The van der Waals surface area contributed by atoms with Crippen molar-refractivity contribution < 1.29 is 5.11 Å². The molecular weight excluding hydrogens is 258 g/mol. The number of aliphatic hydroxyl groups is 1. The molecule has 0 unspecified atom stereocenters. The van der Waals surface area contributed by atoms with Crippen LogP contribution in [0.5, 0.6) is 0 Å². The van der Waals surface area contributed by atoms with Crippen LogP contribution in [-0.2, 0) is 6.42 Å². The summed E-state index contributed by atoms with van der Waals surface area (Å²) in [4.78, 5) is 2.37. The summed E-state index contributed by atoms with van der Waals surface area (Å²) in [6.07, 6.45) is 2.65. The second-order valence-electron chi connectivity index (χ2n) is 5.87. The molecule has 1 aliphatic rings. The van der Waals surface area contributed by atoms with Gasteiger partial charge in [-0.3, -0.25) is 0 Å². The van der Waals surface area contributed by atoms with E-state index in [0.717, 1.165) is 37.1 Å². The molecule has 21 heavy (non-hydrogen) atoms. The predicted molar refractivity (Wildman–Crippen MR) is 88.2 cm³/mol. The van der Waals surface area contributed by atoms with Crippen LogP contribution in [0.4, 0.5) is 11.4 Å². The maximum atomic E-state index is 10.3. The molecule has 0 amide bonds. The third kappa shape index (κ3) is 2.68. The number of aliphatic hydroxyl groups excluding tert-OH is 1. The molecule has 0 radical (unpaired) electrons. The Balaban J connectivity index is 2.07. The number of anilines is 2. The summed E-state index contributed by atoms with van der Waals surface area (Å²) >= 11 is 0. The van der Waals surface area contributed by atoms with E-state index in [0.29, 0.717) is 0 Å². The monoisotopic (exact) mass is 281 g/mol. The minimum absolute atomic E-state index is 0.392. The lowest BCUT2D eigenvalue weighted by molar-refractivity contribution is 0.174. The van der Waals surface area contributed by atoms with E-state index in [9.17, 15) is 5.11 Å². The molecule has 0 saturated heterocycles. The lowest BCUT2D eigenvalue weighted by Crippen LogP contribution is -2.26. The first-order valence-corrected chi connectivity index (χ1v) is 7.84. The maximum Gasteiger partial charge on any atom is 0.0807 e. The highest BCUT2D eigenvalue weighted by atomic mass is 16.3. The lowest BCUT2D eigenvalue weighted by atomic mass is 9.97. The van der Waals surface area contributed by atoms with Gasteiger partial charge in [0.05, 0.1) is 6.10 Å². The Morgan fingerprint density at radius 1 is 1.14 bits per heavy atom. The zero-order valence-electron chi connectivity index (χ0n) is 12.8. The second-order valence-corrected chi connectivity index (χ2v) is 5.87. The molecule has 1 N–H and O–H groups in total. The fourth-order valence-electron chi connectivity index (χ4n) is 3.21. The summed E-state index contributed by atoms with van der Waals surface area (Å²) in [5, 5.41) is 10.3. The van der Waals surface area contributed by atoms with Gasteiger partial charge in [0.15, 0.2) is 0 Å². The first kappa shape index (κ1) is 14.2. The molecule has 1 aliphatic heterocycles. The molecule has 2 aromatic rings. The van der Waals surface area contributed by atoms with Gasteiger partial charge >= 0.3 is 0 Å². The van der Waals surface area contributed by atoms with Gasteiger partial charge in [-0.15, -0.1) is 0 Å². The molecule has 2 nitrogen and oxygen atoms in total. The van der Waals surface area contributed by atoms with Crippen molar-refractivity contribution in [3.05, 3.63) is 59.2 Å². The largest absolute Gasteiger partial charge is 0.388 e. The molecule has 0 aromatic heterocycles. The predicted octanol–water partition coefficient (Wildman–Crippen LogP) is 4.52. The van der Waals surface area contributed by atoms with E-state index in [2.05, 4.69) is 42.2 Å². The van der Waals surface area contributed by atoms with Crippen molar-refractivity contribution in [3.63, 3.8) is 0 Å². The summed E-state index contributed by atoms with van der Waals surface area (Å²) in [6.45, 7) is 5.19. The van der Waals surface area contributed by atoms with Crippen molar-refractivity contribution in [2.45, 2.75) is 39.2 Å². The van der Waals surface area contributed by atoms with Crippen LogP contribution in [-0.4, -0.2) is 11.7 Å². The quantitative estimate of drug-likeness (QED) is 0.894. The molecule has 0 fully saturated rings. The molecule has 1 atom stereocenters. The number of rotatable bonds is 3. The minimum Gasteiger partial charge on any atom is -0.388 e. The van der Waals surface area contributed by atoms with Gasteiger partial charge in [-0.25, -0.2) is 0 Å². The van der Waals surface area contributed by atoms with Crippen LogP contribution in [0.1, 0.15) is 42.6 Å². The number of nitrogens with zero attached hydrogens (tertiary/aromatic N) is 1. The third-order valence-electron chi connectivity index (χ3n) is 4.33. The Kier molecular flexibility index (Phi) is 3.98. The standard InChI is InChI=1S/C19H23NO/c1-3-19(21)16-8-4-5-9-18(16)20-12-6-7-15-13-14(2)10-11-17(15)20/h4-5,8-11,13,19,21H,3,6-7,12H2,1-2H3/t19-/m0/s1. The van der Waals surface area contributed by atoms with Gasteiger partial charge in [0.2, 0.25) is 0 Å². The Hall–Kier alpha value is -1.80. The fraction of sp³-hybridized carbons (Fsp3) is 0.368. The highest BCUT2D eigenvalue weighted by molar-refractivity contribution is 5.71. The van der Waals surface area contributed by atoms with E-state index in [1.165, 1.54) is 16.8 Å². The number of aryl methyl sites for hydroxylation is 2. The van der Waals surface area contributed by atoms with Crippen LogP contribution >= 0.6 is 0 Å². The van der Waals surface area contributed by atoms with Gasteiger partial charge in [-0.2, -0.15) is 0 Å². The Bertz CT molecular complexity index is 635. The normalized spacial score (nSPS) is 15.7. The van der Waals surface area contributed by atoms with E-state index >= 15 is 0 Å². The number of hydrogen-bond acceptors (Lipinski definition) is 2. The summed E-state index contributed by atoms with van der Waals surface area (Å²) in [5.41, 5.74) is 6.22. The average Bonchev–Trinajstić information content (AvgIpc) is 2.53. The van der Waals surface area contributed by atoms with E-state index in [-0.39, 0.29) is 0 Å². The SMILES string of the molecule is CC[C@H](O)c1ccccc1N1CCCc2cc(C)ccc21. The topological polar surface area (TPSA) is 23.5 Å². The number of benzene rings is 2. The van der Waals surface area contributed by atoms with Crippen LogP contribution in [0.15, 0.2) is 42.5 Å². The van der Waals surface area contributed by atoms with Crippen molar-refractivity contribution in [2.75, 3.05) is 11.4 Å². The first-order valence-electron chi connectivity index (χ1n) is 7.84. The molecule has 0 aliphatic carbocycles. The molecule has 2 heteroatoms. The van der Waals surface area contributed by atoms with Crippen molar-refractivity contribution in [1.82, 2.24) is 0 Å². The van der Waals surface area contributed by atoms with Crippen LogP contribution < -0.4 is 4.90 Å². The Morgan fingerprint density at radius 2 is 1.95 bits per heavy atom. The molecule has 2 aromatic carbocycles. The Labute approximate surface area is 127 Å². The Morgan fingerprint density at radius 3 is 2.76 bits per heavy atom. The molecule has 0 bridgehead atoms. The van der Waals surface area contributed by atoms with Gasteiger partial charge in [-0.05, 0) is 43.9 Å². The third-order valence-corrected chi connectivity index (χ3v) is 4.33. The van der Waals surface area contributed by atoms with Crippen molar-refractivity contribution in [3.8, 4) is 0 Å². The second kappa shape index (κ2) is 5.90. The lowest BCUT2D eigenvalue weighted by Gasteiger charge is -2.33. The zero-order chi connectivity index (χ0) is 14.8. The van der Waals surface area contributed by atoms with Crippen LogP contribution in [0.3, 0.4) is 0 Å². The molecule has 1 heterocycles. The molecule has 3 rings (SSSR count). The molecular formula is C19H23NO. The highest BCUT2D eigenvalue weighted by Gasteiger charge is 2.21. The number of para-hydroxylation sites is 1. The van der Waals surface area contributed by atoms with Crippen molar-refractivity contribution in [1.29, 1.82) is 0 Å². The molecule has 0 saturated carbocycles. The summed E-state index contributed by atoms with van der Waals surface area (Å²) in [6, 6.07) is 14.9. The van der Waals surface area contributed by atoms with E-state index in [1.54, 1.807) is 0 Å². The van der Waals surface area contributed by atoms with Crippen LogP contribution in [0.25, 0.3) is 0 Å². The van der Waals surface area contributed by atoms with Gasteiger partial charge in [0.25, 0.3) is 0 Å². The first-order chi connectivity index (χ1) is 10.2. The molecule has 110 valence electrons. The molecule has 0 spiro atoms. The van der Waals surface area contributed by atoms with Crippen molar-refractivity contribution in [2.24, 2.45) is 0 Å². The van der Waals surface area contributed by atoms with E-state index in [4.69, 9.17) is 0 Å². The minimum atomic E-state index is -0.392. The summed E-state index contributed by atoms with van der Waals surface area (Å²) in [5.74, 6) is 0.